The molecule has 2 fully saturated rings. The summed E-state index contributed by atoms with van der Waals surface area (Å²) in [6.45, 7) is 0.177. The molecule has 0 aromatic carbocycles. The van der Waals surface area contributed by atoms with Crippen molar-refractivity contribution < 1.29 is 27.9 Å². The number of hydrogen-bond donors (Lipinski definition) is 2. The average molecular weight is 308 g/mol. The van der Waals surface area contributed by atoms with Gasteiger partial charge in [0.25, 0.3) is 0 Å². The lowest BCUT2D eigenvalue weighted by atomic mass is 9.96. The van der Waals surface area contributed by atoms with Gasteiger partial charge in [-0.2, -0.15) is 13.2 Å². The Morgan fingerprint density at radius 3 is 2.19 bits per heavy atom. The number of carboxylic acids is 1. The number of carbonyl (C=O) groups is 2. The Morgan fingerprint density at radius 1 is 1.10 bits per heavy atom. The highest BCUT2D eigenvalue weighted by atomic mass is 19.4. The first kappa shape index (κ1) is 15.9. The zero-order valence-corrected chi connectivity index (χ0v) is 11.5. The third kappa shape index (κ3) is 4.01. The maximum Gasteiger partial charge on any atom is 0.391 e. The highest BCUT2D eigenvalue weighted by Crippen LogP contribution is 2.34. The van der Waals surface area contributed by atoms with Crippen LogP contribution in [0.5, 0.6) is 0 Å². The molecule has 0 aromatic rings. The Hall–Kier alpha value is -1.47. The fourth-order valence-corrected chi connectivity index (χ4v) is 3.01. The lowest BCUT2D eigenvalue weighted by Gasteiger charge is -2.33. The van der Waals surface area contributed by atoms with Crippen molar-refractivity contribution in [1.82, 2.24) is 10.2 Å². The molecule has 1 heterocycles. The number of nitrogens with zero attached hydrogens (tertiary/aromatic N) is 1. The molecule has 8 heteroatoms. The Kier molecular flexibility index (Phi) is 4.63. The summed E-state index contributed by atoms with van der Waals surface area (Å²) < 4.78 is 37.6. The molecule has 0 spiro atoms. The van der Waals surface area contributed by atoms with Gasteiger partial charge in [-0.25, -0.2) is 4.79 Å². The Bertz CT molecular complexity index is 406. The van der Waals surface area contributed by atoms with Crippen LogP contribution in [0.1, 0.15) is 32.1 Å². The largest absolute Gasteiger partial charge is 0.481 e. The van der Waals surface area contributed by atoms with Gasteiger partial charge in [0, 0.05) is 19.1 Å². The van der Waals surface area contributed by atoms with Gasteiger partial charge in [-0.3, -0.25) is 4.79 Å². The van der Waals surface area contributed by atoms with E-state index in [2.05, 4.69) is 5.32 Å². The number of nitrogens with one attached hydrogen (secondary N) is 1. The van der Waals surface area contributed by atoms with Crippen molar-refractivity contribution in [3.63, 3.8) is 0 Å². The van der Waals surface area contributed by atoms with Gasteiger partial charge < -0.3 is 15.3 Å². The molecule has 1 saturated carbocycles. The summed E-state index contributed by atoms with van der Waals surface area (Å²) in [5.41, 5.74) is 0. The molecule has 2 unspecified atom stereocenters. The minimum Gasteiger partial charge on any atom is -0.481 e. The second-order valence-corrected chi connectivity index (χ2v) is 5.80. The Morgan fingerprint density at radius 2 is 1.71 bits per heavy atom. The number of carbonyl (C=O) groups excluding carboxylic acids is 1. The molecule has 1 aliphatic carbocycles. The first-order valence-corrected chi connectivity index (χ1v) is 7.12. The van der Waals surface area contributed by atoms with Crippen molar-refractivity contribution in [2.24, 2.45) is 11.8 Å². The van der Waals surface area contributed by atoms with Crippen molar-refractivity contribution in [3.8, 4) is 0 Å². The fraction of sp³-hybridized carbons (Fsp3) is 0.846. The number of amides is 2. The van der Waals surface area contributed by atoms with Crippen LogP contribution in [0.2, 0.25) is 0 Å². The van der Waals surface area contributed by atoms with Gasteiger partial charge in [0.05, 0.1) is 11.8 Å². The van der Waals surface area contributed by atoms with E-state index in [9.17, 15) is 22.8 Å². The average Bonchev–Trinajstić information content (AvgIpc) is 2.86. The number of rotatable bonds is 2. The number of carboxylic acid groups (broad SMARTS) is 1. The highest BCUT2D eigenvalue weighted by molar-refractivity contribution is 5.75. The van der Waals surface area contributed by atoms with Gasteiger partial charge in [0.1, 0.15) is 0 Å². The highest BCUT2D eigenvalue weighted by Gasteiger charge is 2.42. The number of aliphatic carboxylic acids is 1. The van der Waals surface area contributed by atoms with E-state index in [0.29, 0.717) is 19.3 Å². The van der Waals surface area contributed by atoms with E-state index in [1.54, 1.807) is 0 Å². The lowest BCUT2D eigenvalue weighted by Crippen LogP contribution is -2.48. The molecule has 1 aliphatic heterocycles. The molecule has 2 amide bonds. The number of piperidine rings is 1. The van der Waals surface area contributed by atoms with Gasteiger partial charge in [0.15, 0.2) is 0 Å². The fourth-order valence-electron chi connectivity index (χ4n) is 3.01. The summed E-state index contributed by atoms with van der Waals surface area (Å²) >= 11 is 0. The Labute approximate surface area is 120 Å². The summed E-state index contributed by atoms with van der Waals surface area (Å²) in [5.74, 6) is -2.63. The van der Waals surface area contributed by atoms with Crippen LogP contribution >= 0.6 is 0 Å². The number of hydrogen-bond acceptors (Lipinski definition) is 2. The molecular formula is C13H19F3N2O3. The normalized spacial score (nSPS) is 27.7. The molecule has 120 valence electrons. The van der Waals surface area contributed by atoms with E-state index in [4.69, 9.17) is 5.11 Å². The van der Waals surface area contributed by atoms with Crippen molar-refractivity contribution in [2.45, 2.75) is 44.3 Å². The maximum atomic E-state index is 12.5. The lowest BCUT2D eigenvalue weighted by molar-refractivity contribution is -0.183. The third-order valence-corrected chi connectivity index (χ3v) is 4.35. The number of halogens is 3. The number of urea groups is 1. The van der Waals surface area contributed by atoms with Gasteiger partial charge in [-0.15, -0.1) is 0 Å². The van der Waals surface area contributed by atoms with Crippen molar-refractivity contribution in [3.05, 3.63) is 0 Å². The van der Waals surface area contributed by atoms with Crippen LogP contribution in [0.15, 0.2) is 0 Å². The monoisotopic (exact) mass is 308 g/mol. The van der Waals surface area contributed by atoms with Crippen LogP contribution in [0.3, 0.4) is 0 Å². The van der Waals surface area contributed by atoms with Crippen LogP contribution in [-0.4, -0.2) is 47.3 Å². The third-order valence-electron chi connectivity index (χ3n) is 4.35. The maximum absolute atomic E-state index is 12.5. The molecule has 2 N–H and O–H groups in total. The molecule has 2 rings (SSSR count). The van der Waals surface area contributed by atoms with Crippen LogP contribution < -0.4 is 5.32 Å². The predicted octanol–water partition coefficient (Wildman–Crippen LogP) is 2.22. The van der Waals surface area contributed by atoms with E-state index in [0.717, 1.165) is 0 Å². The topological polar surface area (TPSA) is 69.6 Å². The zero-order valence-electron chi connectivity index (χ0n) is 11.5. The molecule has 0 bridgehead atoms. The van der Waals surface area contributed by atoms with Gasteiger partial charge in [-0.05, 0) is 32.1 Å². The van der Waals surface area contributed by atoms with Crippen LogP contribution in [0.25, 0.3) is 0 Å². The molecule has 0 radical (unpaired) electrons. The van der Waals surface area contributed by atoms with E-state index < -0.39 is 24.0 Å². The summed E-state index contributed by atoms with van der Waals surface area (Å²) in [5, 5.41) is 11.6. The van der Waals surface area contributed by atoms with Gasteiger partial charge in [-0.1, -0.05) is 0 Å². The number of likely N-dealkylation sites (tertiary alicyclic amines) is 1. The smallest absolute Gasteiger partial charge is 0.391 e. The molecule has 1 saturated heterocycles. The summed E-state index contributed by atoms with van der Waals surface area (Å²) in [7, 11) is 0. The minimum absolute atomic E-state index is 0.0701. The summed E-state index contributed by atoms with van der Waals surface area (Å²) in [6, 6.07) is -0.578. The summed E-state index contributed by atoms with van der Waals surface area (Å²) in [4.78, 5) is 24.2. The first-order chi connectivity index (χ1) is 9.77. The predicted molar refractivity (Wildman–Crippen MR) is 67.6 cm³/mol. The quantitative estimate of drug-likeness (QED) is 0.822. The molecule has 0 aromatic heterocycles. The van der Waals surface area contributed by atoms with E-state index in [-0.39, 0.29) is 38.0 Å². The van der Waals surface area contributed by atoms with Gasteiger partial charge >= 0.3 is 18.2 Å². The summed E-state index contributed by atoms with van der Waals surface area (Å²) in [6.07, 6.45) is -2.82. The first-order valence-electron chi connectivity index (χ1n) is 7.12. The second-order valence-electron chi connectivity index (χ2n) is 5.80. The van der Waals surface area contributed by atoms with Crippen molar-refractivity contribution in [1.29, 1.82) is 0 Å². The van der Waals surface area contributed by atoms with E-state index in [1.165, 1.54) is 4.90 Å². The van der Waals surface area contributed by atoms with E-state index in [1.807, 2.05) is 0 Å². The van der Waals surface area contributed by atoms with E-state index >= 15 is 0 Å². The van der Waals surface area contributed by atoms with Crippen molar-refractivity contribution in [2.75, 3.05) is 13.1 Å². The molecular weight excluding hydrogens is 289 g/mol. The van der Waals surface area contributed by atoms with Crippen LogP contribution in [0.4, 0.5) is 18.0 Å². The van der Waals surface area contributed by atoms with Crippen LogP contribution in [0, 0.1) is 11.8 Å². The van der Waals surface area contributed by atoms with Gasteiger partial charge in [0.2, 0.25) is 0 Å². The second kappa shape index (κ2) is 6.11. The minimum atomic E-state index is -4.19. The molecule has 21 heavy (non-hydrogen) atoms. The molecule has 5 nitrogen and oxygen atoms in total. The molecule has 2 aliphatic rings. The standard InChI is InChI=1S/C13H19F3N2O3/c14-13(15,16)9-3-5-18(6-4-9)12(21)17-10-2-1-8(7-10)11(19)20/h8-10H,1-7H2,(H,17,21)(H,19,20). The van der Waals surface area contributed by atoms with Crippen LogP contribution in [-0.2, 0) is 4.79 Å². The number of alkyl halides is 3. The van der Waals surface area contributed by atoms with Crippen molar-refractivity contribution >= 4 is 12.0 Å². The molecule has 2 atom stereocenters. The Balaban J connectivity index is 1.77. The zero-order chi connectivity index (χ0) is 15.6. The SMILES string of the molecule is O=C(O)C1CCC(NC(=O)N2CCC(C(F)(F)F)CC2)C1.